The molecule has 5 rings (SSSR count). The highest BCUT2D eigenvalue weighted by molar-refractivity contribution is 5.83. The molecule has 1 aliphatic heterocycles. The first kappa shape index (κ1) is 20.2. The van der Waals surface area contributed by atoms with Crippen molar-refractivity contribution >= 4 is 11.0 Å². The maximum absolute atomic E-state index is 13.2. The van der Waals surface area contributed by atoms with Gasteiger partial charge in [-0.1, -0.05) is 24.3 Å². The van der Waals surface area contributed by atoms with Crippen LogP contribution in [0.25, 0.3) is 22.2 Å². The summed E-state index contributed by atoms with van der Waals surface area (Å²) in [5.41, 5.74) is 4.89. The number of nitrogens with zero attached hydrogens (tertiary/aromatic N) is 4. The second-order valence-electron chi connectivity index (χ2n) is 8.04. The van der Waals surface area contributed by atoms with Crippen LogP contribution < -0.4 is 10.1 Å². The zero-order chi connectivity index (χ0) is 21.9. The van der Waals surface area contributed by atoms with E-state index in [0.29, 0.717) is 17.4 Å². The SMILES string of the molecule is N#Cc1ccc(-c2cc3c(cnn3C[C@H]3CCNC3)nc2OCc2ccc(F)cc2)cc1. The van der Waals surface area contributed by atoms with E-state index in [9.17, 15) is 4.39 Å². The Balaban J connectivity index is 1.52. The van der Waals surface area contributed by atoms with Crippen molar-refractivity contribution in [2.24, 2.45) is 5.92 Å². The largest absolute Gasteiger partial charge is 0.472 e. The average molecular weight is 427 g/mol. The summed E-state index contributed by atoms with van der Waals surface area (Å²) in [5.74, 6) is 0.746. The van der Waals surface area contributed by atoms with E-state index < -0.39 is 0 Å². The summed E-state index contributed by atoms with van der Waals surface area (Å²) < 4.78 is 21.3. The van der Waals surface area contributed by atoms with Crippen molar-refractivity contribution in [3.63, 3.8) is 0 Å². The molecule has 2 aromatic carbocycles. The van der Waals surface area contributed by atoms with Crippen LogP contribution in [0.1, 0.15) is 17.5 Å². The number of hydrogen-bond donors (Lipinski definition) is 1. The molecule has 1 aliphatic rings. The lowest BCUT2D eigenvalue weighted by Crippen LogP contribution is -2.15. The first-order chi connectivity index (χ1) is 15.7. The van der Waals surface area contributed by atoms with Gasteiger partial charge in [-0.15, -0.1) is 0 Å². The number of hydrogen-bond acceptors (Lipinski definition) is 5. The standard InChI is InChI=1S/C25H22FN5O/c26-21-7-3-18(4-8-21)16-32-25-22(20-5-1-17(12-27)2-6-20)11-24-23(30-25)14-29-31(24)15-19-9-10-28-13-19/h1-8,11,14,19,28H,9-10,13,15-16H2/t19-/m0/s1. The van der Waals surface area contributed by atoms with Gasteiger partial charge in [0, 0.05) is 12.1 Å². The van der Waals surface area contributed by atoms with E-state index in [2.05, 4.69) is 22.6 Å². The van der Waals surface area contributed by atoms with E-state index in [1.165, 1.54) is 12.1 Å². The van der Waals surface area contributed by atoms with Crippen LogP contribution in [-0.2, 0) is 13.2 Å². The van der Waals surface area contributed by atoms with E-state index in [0.717, 1.165) is 53.8 Å². The Hall–Kier alpha value is -3.76. The molecule has 1 atom stereocenters. The van der Waals surface area contributed by atoms with E-state index in [-0.39, 0.29) is 12.4 Å². The van der Waals surface area contributed by atoms with Gasteiger partial charge in [-0.25, -0.2) is 9.37 Å². The number of nitriles is 1. The molecule has 0 amide bonds. The van der Waals surface area contributed by atoms with Crippen LogP contribution in [0.2, 0.25) is 0 Å². The highest BCUT2D eigenvalue weighted by atomic mass is 19.1. The van der Waals surface area contributed by atoms with Crippen LogP contribution in [0.15, 0.2) is 60.8 Å². The van der Waals surface area contributed by atoms with Gasteiger partial charge < -0.3 is 10.1 Å². The second-order valence-corrected chi connectivity index (χ2v) is 8.04. The van der Waals surface area contributed by atoms with E-state index in [1.807, 2.05) is 16.8 Å². The fourth-order valence-corrected chi connectivity index (χ4v) is 4.02. The molecule has 3 heterocycles. The molecule has 1 saturated heterocycles. The number of halogens is 1. The quantitative estimate of drug-likeness (QED) is 0.497. The third-order valence-electron chi connectivity index (χ3n) is 5.80. The van der Waals surface area contributed by atoms with Crippen LogP contribution in [0.3, 0.4) is 0 Å². The minimum absolute atomic E-state index is 0.268. The predicted molar refractivity (Wildman–Crippen MR) is 119 cm³/mol. The summed E-state index contributed by atoms with van der Waals surface area (Å²) in [5, 5.41) is 17.1. The van der Waals surface area contributed by atoms with Crippen LogP contribution >= 0.6 is 0 Å². The van der Waals surface area contributed by atoms with Crippen molar-refractivity contribution in [3.8, 4) is 23.1 Å². The zero-order valence-corrected chi connectivity index (χ0v) is 17.5. The predicted octanol–water partition coefficient (Wildman–Crippen LogP) is 4.30. The number of benzene rings is 2. The van der Waals surface area contributed by atoms with Crippen LogP contribution in [-0.4, -0.2) is 27.9 Å². The van der Waals surface area contributed by atoms with Gasteiger partial charge in [-0.2, -0.15) is 10.4 Å². The van der Waals surface area contributed by atoms with Crippen molar-refractivity contribution in [1.82, 2.24) is 20.1 Å². The topological polar surface area (TPSA) is 75.8 Å². The van der Waals surface area contributed by atoms with E-state index in [1.54, 1.807) is 30.5 Å². The van der Waals surface area contributed by atoms with Gasteiger partial charge in [0.1, 0.15) is 17.9 Å². The van der Waals surface area contributed by atoms with E-state index >= 15 is 0 Å². The minimum Gasteiger partial charge on any atom is -0.472 e. The summed E-state index contributed by atoms with van der Waals surface area (Å²) in [6.45, 7) is 3.14. The Bertz CT molecular complexity index is 1270. The number of nitrogens with one attached hydrogen (secondary N) is 1. The minimum atomic E-state index is -0.281. The van der Waals surface area contributed by atoms with Gasteiger partial charge in [0.25, 0.3) is 0 Å². The molecular formula is C25H22FN5O. The van der Waals surface area contributed by atoms with Gasteiger partial charge in [-0.05, 0) is 66.9 Å². The first-order valence-corrected chi connectivity index (χ1v) is 10.6. The molecule has 6 nitrogen and oxygen atoms in total. The Kier molecular flexibility index (Phi) is 5.53. The molecule has 7 heteroatoms. The molecule has 0 spiro atoms. The molecule has 0 radical (unpaired) electrons. The zero-order valence-electron chi connectivity index (χ0n) is 17.5. The van der Waals surface area contributed by atoms with Crippen molar-refractivity contribution < 1.29 is 9.13 Å². The summed E-state index contributed by atoms with van der Waals surface area (Å²) in [7, 11) is 0. The molecule has 0 saturated carbocycles. The smallest absolute Gasteiger partial charge is 0.222 e. The third-order valence-corrected chi connectivity index (χ3v) is 5.80. The molecule has 0 aliphatic carbocycles. The number of rotatable bonds is 6. The number of fused-ring (bicyclic) bond motifs is 1. The Morgan fingerprint density at radius 1 is 1.16 bits per heavy atom. The highest BCUT2D eigenvalue weighted by Crippen LogP contribution is 2.33. The lowest BCUT2D eigenvalue weighted by atomic mass is 10.0. The lowest BCUT2D eigenvalue weighted by Gasteiger charge is -2.13. The Labute approximate surface area is 185 Å². The normalized spacial score (nSPS) is 15.7. The number of aromatic nitrogens is 3. The van der Waals surface area contributed by atoms with Crippen molar-refractivity contribution in [2.45, 2.75) is 19.6 Å². The molecule has 160 valence electrons. The Morgan fingerprint density at radius 3 is 2.69 bits per heavy atom. The molecule has 0 bridgehead atoms. The summed E-state index contributed by atoms with van der Waals surface area (Å²) in [6.07, 6.45) is 2.90. The monoisotopic (exact) mass is 427 g/mol. The molecule has 0 unspecified atom stereocenters. The Morgan fingerprint density at radius 2 is 1.97 bits per heavy atom. The van der Waals surface area contributed by atoms with Gasteiger partial charge in [0.05, 0.1) is 23.3 Å². The third kappa shape index (κ3) is 4.18. The van der Waals surface area contributed by atoms with Crippen LogP contribution in [0.4, 0.5) is 4.39 Å². The molecular weight excluding hydrogens is 405 g/mol. The van der Waals surface area contributed by atoms with Crippen molar-refractivity contribution in [1.29, 1.82) is 5.26 Å². The first-order valence-electron chi connectivity index (χ1n) is 10.6. The van der Waals surface area contributed by atoms with Gasteiger partial charge in [0.2, 0.25) is 5.88 Å². The fourth-order valence-electron chi connectivity index (χ4n) is 4.02. The highest BCUT2D eigenvalue weighted by Gasteiger charge is 2.19. The van der Waals surface area contributed by atoms with Gasteiger partial charge in [-0.3, -0.25) is 4.68 Å². The number of pyridine rings is 1. The van der Waals surface area contributed by atoms with Crippen LogP contribution in [0, 0.1) is 23.1 Å². The van der Waals surface area contributed by atoms with E-state index in [4.69, 9.17) is 15.0 Å². The molecule has 4 aromatic rings. The molecule has 32 heavy (non-hydrogen) atoms. The number of ether oxygens (including phenoxy) is 1. The maximum atomic E-state index is 13.2. The van der Waals surface area contributed by atoms with Crippen molar-refractivity contribution in [2.75, 3.05) is 13.1 Å². The molecule has 2 aromatic heterocycles. The van der Waals surface area contributed by atoms with Crippen LogP contribution in [0.5, 0.6) is 5.88 Å². The molecule has 1 N–H and O–H groups in total. The van der Waals surface area contributed by atoms with Gasteiger partial charge in [0.15, 0.2) is 0 Å². The maximum Gasteiger partial charge on any atom is 0.222 e. The average Bonchev–Trinajstić information content (AvgIpc) is 3.48. The lowest BCUT2D eigenvalue weighted by molar-refractivity contribution is 0.296. The second kappa shape index (κ2) is 8.77. The summed E-state index contributed by atoms with van der Waals surface area (Å²) >= 11 is 0. The summed E-state index contributed by atoms with van der Waals surface area (Å²) in [6, 6.07) is 17.8. The molecule has 1 fully saturated rings. The van der Waals surface area contributed by atoms with Gasteiger partial charge >= 0.3 is 0 Å². The summed E-state index contributed by atoms with van der Waals surface area (Å²) in [4.78, 5) is 4.76. The van der Waals surface area contributed by atoms with Crippen molar-refractivity contribution in [3.05, 3.63) is 77.7 Å². The fraction of sp³-hybridized carbons (Fsp3) is 0.240.